The Labute approximate surface area is 175 Å². The second kappa shape index (κ2) is 9.36. The van der Waals surface area contributed by atoms with Gasteiger partial charge >= 0.3 is 0 Å². The van der Waals surface area contributed by atoms with E-state index in [9.17, 15) is 0 Å². The lowest BCUT2D eigenvalue weighted by Gasteiger charge is -2.14. The third-order valence-corrected chi connectivity index (χ3v) is 5.09. The summed E-state index contributed by atoms with van der Waals surface area (Å²) >= 11 is 18.4. The highest BCUT2D eigenvalue weighted by molar-refractivity contribution is 6.35. The molecule has 2 nitrogen and oxygen atoms in total. The third kappa shape index (κ3) is 5.55. The molecule has 3 aromatic carbocycles. The number of hydrogen-bond acceptors (Lipinski definition) is 2. The molecule has 0 unspecified atom stereocenters. The Balaban J connectivity index is 1.70. The zero-order chi connectivity index (χ0) is 19.2. The van der Waals surface area contributed by atoms with Crippen LogP contribution in [-0.2, 0) is 19.6 Å². The molecule has 0 aliphatic carbocycles. The molecule has 0 atom stereocenters. The summed E-state index contributed by atoms with van der Waals surface area (Å²) in [5.74, 6) is 0.767. The Kier molecular flexibility index (Phi) is 6.89. The number of nitrogens with one attached hydrogen (secondary N) is 1. The Hall–Kier alpha value is -1.87. The maximum atomic E-state index is 6.23. The molecule has 0 spiro atoms. The van der Waals surface area contributed by atoms with E-state index in [0.717, 1.165) is 29.0 Å². The van der Waals surface area contributed by atoms with E-state index >= 15 is 0 Å². The first-order chi connectivity index (χ1) is 13.0. The molecule has 0 aromatic heterocycles. The lowest BCUT2D eigenvalue weighted by atomic mass is 10.1. The molecule has 0 radical (unpaired) electrons. The van der Waals surface area contributed by atoms with Gasteiger partial charge in [0.05, 0.1) is 0 Å². The van der Waals surface area contributed by atoms with Gasteiger partial charge in [-0.15, -0.1) is 0 Å². The molecular formula is C22H20Cl3NO. The molecule has 0 aliphatic heterocycles. The lowest BCUT2D eigenvalue weighted by Crippen LogP contribution is -2.04. The van der Waals surface area contributed by atoms with Gasteiger partial charge in [-0.1, -0.05) is 59.9 Å². The zero-order valence-corrected chi connectivity index (χ0v) is 17.2. The van der Waals surface area contributed by atoms with Crippen molar-refractivity contribution in [1.82, 2.24) is 0 Å². The van der Waals surface area contributed by atoms with E-state index in [4.69, 9.17) is 39.5 Å². The van der Waals surface area contributed by atoms with Gasteiger partial charge in [0.2, 0.25) is 0 Å². The molecule has 140 valence electrons. The van der Waals surface area contributed by atoms with Crippen LogP contribution < -0.4 is 10.1 Å². The van der Waals surface area contributed by atoms with Gasteiger partial charge < -0.3 is 10.1 Å². The second-order valence-electron chi connectivity index (χ2n) is 6.18. The minimum absolute atomic E-state index is 0.357. The van der Waals surface area contributed by atoms with E-state index in [1.165, 1.54) is 5.56 Å². The zero-order valence-electron chi connectivity index (χ0n) is 14.9. The molecule has 0 saturated heterocycles. The van der Waals surface area contributed by atoms with E-state index in [1.807, 2.05) is 24.3 Å². The quantitative estimate of drug-likeness (QED) is 0.430. The van der Waals surface area contributed by atoms with Gasteiger partial charge in [0.25, 0.3) is 0 Å². The second-order valence-corrected chi connectivity index (χ2v) is 7.46. The highest BCUT2D eigenvalue weighted by atomic mass is 35.5. The first-order valence-electron chi connectivity index (χ1n) is 8.73. The van der Waals surface area contributed by atoms with E-state index < -0.39 is 0 Å². The molecule has 5 heteroatoms. The monoisotopic (exact) mass is 419 g/mol. The van der Waals surface area contributed by atoms with Crippen molar-refractivity contribution < 1.29 is 4.74 Å². The molecule has 0 saturated carbocycles. The fourth-order valence-electron chi connectivity index (χ4n) is 2.68. The number of hydrogen-bond donors (Lipinski definition) is 1. The Bertz CT molecular complexity index is 910. The van der Waals surface area contributed by atoms with Crippen molar-refractivity contribution in [3.05, 3.63) is 92.4 Å². The van der Waals surface area contributed by atoms with Gasteiger partial charge in [0.15, 0.2) is 0 Å². The molecule has 27 heavy (non-hydrogen) atoms. The van der Waals surface area contributed by atoms with Crippen LogP contribution in [0, 0.1) is 0 Å². The summed E-state index contributed by atoms with van der Waals surface area (Å²) in [5, 5.41) is 5.28. The van der Waals surface area contributed by atoms with Crippen LogP contribution in [0.4, 0.5) is 5.69 Å². The summed E-state index contributed by atoms with van der Waals surface area (Å²) in [6.45, 7) is 3.11. The fraction of sp³-hybridized carbons (Fsp3) is 0.182. The summed E-state index contributed by atoms with van der Waals surface area (Å²) in [5.41, 5.74) is 4.23. The topological polar surface area (TPSA) is 21.3 Å². The van der Waals surface area contributed by atoms with Crippen molar-refractivity contribution in [3.8, 4) is 5.75 Å². The van der Waals surface area contributed by atoms with Gasteiger partial charge in [-0.25, -0.2) is 0 Å². The maximum absolute atomic E-state index is 6.23. The van der Waals surface area contributed by atoms with Crippen LogP contribution in [0.3, 0.4) is 0 Å². The first kappa shape index (κ1) is 19.9. The molecule has 0 aliphatic rings. The van der Waals surface area contributed by atoms with Crippen molar-refractivity contribution in [3.63, 3.8) is 0 Å². The van der Waals surface area contributed by atoms with E-state index in [2.05, 4.69) is 36.5 Å². The third-order valence-electron chi connectivity index (χ3n) is 4.27. The Morgan fingerprint density at radius 1 is 0.815 bits per heavy atom. The van der Waals surface area contributed by atoms with Crippen LogP contribution >= 0.6 is 34.8 Å². The van der Waals surface area contributed by atoms with Gasteiger partial charge in [0.1, 0.15) is 12.4 Å². The summed E-state index contributed by atoms with van der Waals surface area (Å²) in [4.78, 5) is 0. The minimum atomic E-state index is 0.357. The predicted octanol–water partition coefficient (Wildman–Crippen LogP) is 7.40. The molecule has 1 N–H and O–H groups in total. The van der Waals surface area contributed by atoms with Crippen molar-refractivity contribution in [2.75, 3.05) is 5.32 Å². The normalized spacial score (nSPS) is 10.7. The largest absolute Gasteiger partial charge is 0.488 e. The molecular weight excluding hydrogens is 401 g/mol. The maximum Gasteiger partial charge on any atom is 0.124 e. The van der Waals surface area contributed by atoms with Crippen molar-refractivity contribution in [2.45, 2.75) is 26.5 Å². The van der Waals surface area contributed by atoms with Crippen LogP contribution in [-0.4, -0.2) is 0 Å². The van der Waals surface area contributed by atoms with E-state index in [1.54, 1.807) is 12.1 Å². The summed E-state index contributed by atoms with van der Waals surface area (Å²) in [6.07, 6.45) is 1.03. The summed E-state index contributed by atoms with van der Waals surface area (Å²) in [6, 6.07) is 19.4. The van der Waals surface area contributed by atoms with Crippen molar-refractivity contribution in [2.24, 2.45) is 0 Å². The molecule has 3 rings (SSSR count). The van der Waals surface area contributed by atoms with E-state index in [-0.39, 0.29) is 0 Å². The molecule has 3 aromatic rings. The van der Waals surface area contributed by atoms with Crippen molar-refractivity contribution in [1.29, 1.82) is 0 Å². The van der Waals surface area contributed by atoms with Crippen LogP contribution in [0.5, 0.6) is 5.75 Å². The van der Waals surface area contributed by atoms with Crippen molar-refractivity contribution >= 4 is 40.5 Å². The highest BCUT2D eigenvalue weighted by Crippen LogP contribution is 2.27. The number of aryl methyl sites for hydroxylation is 1. The summed E-state index contributed by atoms with van der Waals surface area (Å²) in [7, 11) is 0. The van der Waals surface area contributed by atoms with Gasteiger partial charge in [-0.05, 0) is 54.4 Å². The average molecular weight is 421 g/mol. The lowest BCUT2D eigenvalue weighted by molar-refractivity contribution is 0.303. The Morgan fingerprint density at radius 3 is 2.22 bits per heavy atom. The van der Waals surface area contributed by atoms with E-state index in [0.29, 0.717) is 28.2 Å². The molecule has 0 amide bonds. The van der Waals surface area contributed by atoms with Gasteiger partial charge in [-0.3, -0.25) is 0 Å². The van der Waals surface area contributed by atoms with Crippen LogP contribution in [0.1, 0.15) is 23.6 Å². The predicted molar refractivity (Wildman–Crippen MR) is 115 cm³/mol. The summed E-state index contributed by atoms with van der Waals surface area (Å²) < 4.78 is 6.00. The van der Waals surface area contributed by atoms with Gasteiger partial charge in [0, 0.05) is 38.4 Å². The SMILES string of the molecule is CCc1ccc(NCc2cc(Cl)ccc2OCc2ccc(Cl)cc2Cl)cc1. The fourth-order valence-corrected chi connectivity index (χ4v) is 3.33. The number of benzene rings is 3. The highest BCUT2D eigenvalue weighted by Gasteiger charge is 2.08. The molecule has 0 bridgehead atoms. The molecule has 0 fully saturated rings. The Morgan fingerprint density at radius 2 is 1.52 bits per heavy atom. The molecule has 0 heterocycles. The van der Waals surface area contributed by atoms with Gasteiger partial charge in [-0.2, -0.15) is 0 Å². The average Bonchev–Trinajstić information content (AvgIpc) is 2.67. The number of rotatable bonds is 7. The number of halogens is 3. The van der Waals surface area contributed by atoms with Crippen LogP contribution in [0.2, 0.25) is 15.1 Å². The number of anilines is 1. The number of ether oxygens (including phenoxy) is 1. The van der Waals surface area contributed by atoms with Crippen LogP contribution in [0.25, 0.3) is 0 Å². The first-order valence-corrected chi connectivity index (χ1v) is 9.86. The smallest absolute Gasteiger partial charge is 0.124 e. The standard InChI is InChI=1S/C22H20Cl3NO/c1-2-15-3-8-20(9-4-15)26-13-17-11-18(23)7-10-22(17)27-14-16-5-6-19(24)12-21(16)25/h3-12,26H,2,13-14H2,1H3. The minimum Gasteiger partial charge on any atom is -0.488 e. The van der Waals surface area contributed by atoms with Crippen LogP contribution in [0.15, 0.2) is 60.7 Å².